The number of rotatable bonds is 2. The Morgan fingerprint density at radius 3 is 1.79 bits per heavy atom. The van der Waals surface area contributed by atoms with E-state index in [2.05, 4.69) is 166 Å². The van der Waals surface area contributed by atoms with Crippen LogP contribution in [0, 0.1) is 0 Å². The van der Waals surface area contributed by atoms with Gasteiger partial charge in [0.2, 0.25) is 0 Å². The van der Waals surface area contributed by atoms with E-state index in [1.165, 1.54) is 91.4 Å². The van der Waals surface area contributed by atoms with Gasteiger partial charge in [0.15, 0.2) is 0 Å². The van der Waals surface area contributed by atoms with Crippen LogP contribution in [0.3, 0.4) is 0 Å². The van der Waals surface area contributed by atoms with Crippen molar-refractivity contribution in [1.82, 2.24) is 0 Å². The van der Waals surface area contributed by atoms with E-state index in [0.717, 1.165) is 27.5 Å². The summed E-state index contributed by atoms with van der Waals surface area (Å²) in [7, 11) is 0. The lowest BCUT2D eigenvalue weighted by Gasteiger charge is -2.25. The zero-order chi connectivity index (χ0) is 35.0. The predicted molar refractivity (Wildman–Crippen MR) is 228 cm³/mol. The van der Waals surface area contributed by atoms with Gasteiger partial charge in [-0.25, -0.2) is 0 Å². The van der Waals surface area contributed by atoms with Crippen LogP contribution >= 0.6 is 11.3 Å². The molecule has 0 amide bonds. The Hall–Kier alpha value is -6.22. The number of fused-ring (bicyclic) bond motifs is 13. The molecule has 1 aliphatic rings. The molecule has 0 aliphatic heterocycles. The van der Waals surface area contributed by atoms with Crippen LogP contribution in [0.1, 0.15) is 25.0 Å². The number of hydrogen-bond donors (Lipinski definition) is 0. The maximum absolute atomic E-state index is 6.43. The monoisotopic (exact) mass is 692 g/mol. The van der Waals surface area contributed by atoms with E-state index < -0.39 is 0 Å². The number of para-hydroxylation sites is 1. The smallest absolute Gasteiger partial charge is 0.136 e. The summed E-state index contributed by atoms with van der Waals surface area (Å²) in [5.74, 6) is 0. The van der Waals surface area contributed by atoms with Crippen molar-refractivity contribution in [3.8, 4) is 33.4 Å². The van der Waals surface area contributed by atoms with Gasteiger partial charge in [0, 0.05) is 36.4 Å². The molecule has 9 aromatic carbocycles. The molecule has 0 bridgehead atoms. The lowest BCUT2D eigenvalue weighted by atomic mass is 9.78. The molecule has 248 valence electrons. The third-order valence-corrected chi connectivity index (χ3v) is 13.2. The van der Waals surface area contributed by atoms with Crippen molar-refractivity contribution < 1.29 is 4.42 Å². The van der Waals surface area contributed by atoms with Gasteiger partial charge in [-0.15, -0.1) is 11.3 Å². The van der Waals surface area contributed by atoms with Crippen LogP contribution in [-0.4, -0.2) is 0 Å². The number of furan rings is 1. The first-order valence-corrected chi connectivity index (χ1v) is 19.2. The van der Waals surface area contributed by atoms with Gasteiger partial charge >= 0.3 is 0 Å². The van der Waals surface area contributed by atoms with Crippen LogP contribution in [0.15, 0.2) is 162 Å². The highest BCUT2D eigenvalue weighted by molar-refractivity contribution is 7.25. The zero-order valence-electron chi connectivity index (χ0n) is 29.3. The van der Waals surface area contributed by atoms with E-state index in [1.54, 1.807) is 0 Å². The van der Waals surface area contributed by atoms with Crippen molar-refractivity contribution in [2.75, 3.05) is 0 Å². The van der Waals surface area contributed by atoms with Crippen LogP contribution in [0.5, 0.6) is 0 Å². The molecule has 0 saturated heterocycles. The molecule has 0 spiro atoms. The Morgan fingerprint density at radius 1 is 0.396 bits per heavy atom. The van der Waals surface area contributed by atoms with Gasteiger partial charge < -0.3 is 4.42 Å². The summed E-state index contributed by atoms with van der Waals surface area (Å²) in [4.78, 5) is 0. The molecule has 0 saturated carbocycles. The highest BCUT2D eigenvalue weighted by atomic mass is 32.1. The first-order chi connectivity index (χ1) is 26.0. The minimum Gasteiger partial charge on any atom is -0.456 e. The van der Waals surface area contributed by atoms with E-state index in [0.29, 0.717) is 0 Å². The van der Waals surface area contributed by atoms with Crippen molar-refractivity contribution in [1.29, 1.82) is 0 Å². The molecule has 0 fully saturated rings. The summed E-state index contributed by atoms with van der Waals surface area (Å²) >= 11 is 1.91. The molecule has 0 atom stereocenters. The van der Waals surface area contributed by atoms with Crippen LogP contribution < -0.4 is 0 Å². The van der Waals surface area contributed by atoms with Gasteiger partial charge in [0.1, 0.15) is 11.2 Å². The Bertz CT molecular complexity index is 3320. The normalized spacial score (nSPS) is 13.6. The van der Waals surface area contributed by atoms with Crippen molar-refractivity contribution >= 4 is 85.8 Å². The van der Waals surface area contributed by atoms with E-state index in [9.17, 15) is 0 Å². The molecule has 1 aliphatic carbocycles. The van der Waals surface area contributed by atoms with Gasteiger partial charge in [0.25, 0.3) is 0 Å². The maximum atomic E-state index is 6.43. The quantitative estimate of drug-likeness (QED) is 0.164. The summed E-state index contributed by atoms with van der Waals surface area (Å²) in [6.45, 7) is 4.81. The fourth-order valence-corrected chi connectivity index (χ4v) is 10.9. The third-order valence-electron chi connectivity index (χ3n) is 12.0. The Balaban J connectivity index is 1.24. The van der Waals surface area contributed by atoms with Crippen molar-refractivity contribution in [2.24, 2.45) is 0 Å². The van der Waals surface area contributed by atoms with E-state index in [1.807, 2.05) is 17.4 Å². The fourth-order valence-electron chi connectivity index (χ4n) is 9.74. The first kappa shape index (κ1) is 29.4. The van der Waals surface area contributed by atoms with Crippen LogP contribution in [0.25, 0.3) is 108 Å². The summed E-state index contributed by atoms with van der Waals surface area (Å²) in [6.07, 6.45) is 0. The Labute approximate surface area is 310 Å². The molecular weight excluding hydrogens is 661 g/mol. The van der Waals surface area contributed by atoms with Crippen LogP contribution in [-0.2, 0) is 5.41 Å². The third kappa shape index (κ3) is 3.91. The summed E-state index contributed by atoms with van der Waals surface area (Å²) in [6, 6.07) is 58.6. The number of benzene rings is 9. The lowest BCUT2D eigenvalue weighted by molar-refractivity contribution is 0.666. The lowest BCUT2D eigenvalue weighted by Crippen LogP contribution is -2.15. The van der Waals surface area contributed by atoms with E-state index in [-0.39, 0.29) is 5.41 Å². The summed E-state index contributed by atoms with van der Waals surface area (Å²) in [5.41, 5.74) is 12.2. The zero-order valence-corrected chi connectivity index (χ0v) is 30.1. The molecule has 0 radical (unpaired) electrons. The minimum absolute atomic E-state index is 0.129. The van der Waals surface area contributed by atoms with Gasteiger partial charge in [-0.3, -0.25) is 0 Å². The van der Waals surface area contributed by atoms with Crippen molar-refractivity contribution in [3.63, 3.8) is 0 Å². The van der Waals surface area contributed by atoms with Crippen molar-refractivity contribution in [2.45, 2.75) is 19.3 Å². The minimum atomic E-state index is -0.129. The van der Waals surface area contributed by atoms with Crippen LogP contribution in [0.2, 0.25) is 0 Å². The maximum Gasteiger partial charge on any atom is 0.136 e. The van der Waals surface area contributed by atoms with E-state index >= 15 is 0 Å². The molecule has 2 heterocycles. The largest absolute Gasteiger partial charge is 0.456 e. The van der Waals surface area contributed by atoms with Crippen LogP contribution in [0.4, 0.5) is 0 Å². The number of thiophene rings is 1. The molecular formula is C51H32OS. The highest BCUT2D eigenvalue weighted by Crippen LogP contribution is 2.56. The SMILES string of the molecule is CC1(C)c2ccccc2-c2cc(-c3c4ccccc4c(-c4ccc5c(c4)oc4ccccc45)c4ccccc34)c3cc4c(cc3c21)sc1ccccc14. The van der Waals surface area contributed by atoms with Gasteiger partial charge in [0.05, 0.1) is 0 Å². The fraction of sp³-hybridized carbons (Fsp3) is 0.0588. The molecule has 2 heteroatoms. The highest BCUT2D eigenvalue weighted by Gasteiger charge is 2.38. The molecule has 1 nitrogen and oxygen atoms in total. The molecule has 11 aromatic rings. The number of hydrogen-bond acceptors (Lipinski definition) is 2. The molecule has 12 rings (SSSR count). The van der Waals surface area contributed by atoms with Gasteiger partial charge in [-0.2, -0.15) is 0 Å². The second-order valence-electron chi connectivity index (χ2n) is 15.2. The first-order valence-electron chi connectivity index (χ1n) is 18.4. The standard InChI is InChI=1S/C51H32OS/c1-51(2)43-20-10-7-13-30(43)41-27-40(38-26-39-33-15-9-12-22-46(33)53-47(39)28-42(38)50(41)51)49-36-18-5-3-16-34(36)48(35-17-4-6-19-37(35)49)29-23-24-32-31-14-8-11-21-44(31)52-45(32)25-29/h3-28H,1-2H3. The predicted octanol–water partition coefficient (Wildman–Crippen LogP) is 15.1. The molecule has 53 heavy (non-hydrogen) atoms. The molecule has 0 N–H and O–H groups in total. The summed E-state index contributed by atoms with van der Waals surface area (Å²) in [5, 5.41) is 12.6. The Morgan fingerprint density at radius 2 is 1.02 bits per heavy atom. The second-order valence-corrected chi connectivity index (χ2v) is 16.2. The second kappa shape index (κ2) is 10.4. The van der Waals surface area contributed by atoms with Gasteiger partial charge in [-0.05, 0) is 119 Å². The van der Waals surface area contributed by atoms with Gasteiger partial charge in [-0.1, -0.05) is 129 Å². The van der Waals surface area contributed by atoms with E-state index in [4.69, 9.17) is 4.42 Å². The Kier molecular flexibility index (Phi) is 5.78. The topological polar surface area (TPSA) is 13.1 Å². The summed E-state index contributed by atoms with van der Waals surface area (Å²) < 4.78 is 9.10. The molecule has 0 unspecified atom stereocenters. The van der Waals surface area contributed by atoms with Crippen molar-refractivity contribution in [3.05, 3.63) is 169 Å². The average Bonchev–Trinajstić information content (AvgIpc) is 3.82. The molecule has 2 aromatic heterocycles. The average molecular weight is 693 g/mol.